The van der Waals surface area contributed by atoms with Gasteiger partial charge in [-0.05, 0) is 42.7 Å². The number of anilines is 1. The molecule has 1 aliphatic heterocycles. The van der Waals surface area contributed by atoms with Gasteiger partial charge in [-0.25, -0.2) is 4.79 Å². The first-order valence-corrected chi connectivity index (χ1v) is 12.7. The number of hydrogen-bond acceptors (Lipinski definition) is 6. The Hall–Kier alpha value is -3.87. The van der Waals surface area contributed by atoms with Crippen LogP contribution in [0.15, 0.2) is 59.6 Å². The number of hydrogen-bond donors (Lipinski definition) is 0. The normalized spacial score (nSPS) is 18.1. The summed E-state index contributed by atoms with van der Waals surface area (Å²) >= 11 is 0. The van der Waals surface area contributed by atoms with Crippen LogP contribution in [0.1, 0.15) is 55.6 Å². The lowest BCUT2D eigenvalue weighted by atomic mass is 9.85. The Balaban J connectivity index is 1.72. The molecule has 4 rings (SSSR count). The molecule has 0 N–H and O–H groups in total. The molecule has 0 aromatic heterocycles. The van der Waals surface area contributed by atoms with E-state index in [0.29, 0.717) is 29.4 Å². The number of aliphatic imine (C=N–C) groups is 1. The molecule has 0 saturated carbocycles. The predicted molar refractivity (Wildman–Crippen MR) is 146 cm³/mol. The lowest BCUT2D eigenvalue weighted by Gasteiger charge is -2.38. The van der Waals surface area contributed by atoms with Crippen LogP contribution in [-0.2, 0) is 4.74 Å². The van der Waals surface area contributed by atoms with E-state index in [2.05, 4.69) is 24.3 Å². The summed E-state index contributed by atoms with van der Waals surface area (Å²) in [6.45, 7) is 6.20. The second-order valence-electron chi connectivity index (χ2n) is 9.24. The van der Waals surface area contributed by atoms with Crippen LogP contribution in [0.25, 0.3) is 10.8 Å². The number of ketones is 1. The van der Waals surface area contributed by atoms with Crippen molar-refractivity contribution in [1.29, 1.82) is 0 Å². The Morgan fingerprint density at radius 1 is 1.08 bits per heavy atom. The summed E-state index contributed by atoms with van der Waals surface area (Å²) in [5, 5.41) is 2.26. The van der Waals surface area contributed by atoms with Gasteiger partial charge in [0.2, 0.25) is 0 Å². The van der Waals surface area contributed by atoms with Crippen LogP contribution < -0.4 is 14.4 Å². The predicted octanol–water partition coefficient (Wildman–Crippen LogP) is 6.63. The van der Waals surface area contributed by atoms with Gasteiger partial charge in [-0.2, -0.15) is 0 Å². The van der Waals surface area contributed by atoms with Crippen molar-refractivity contribution >= 4 is 34.6 Å². The smallest absolute Gasteiger partial charge is 0.414 e. The number of benzene rings is 3. The molecule has 194 valence electrons. The Morgan fingerprint density at radius 2 is 1.78 bits per heavy atom. The van der Waals surface area contributed by atoms with Gasteiger partial charge in [0, 0.05) is 17.8 Å². The van der Waals surface area contributed by atoms with Gasteiger partial charge in [0.25, 0.3) is 0 Å². The van der Waals surface area contributed by atoms with Crippen LogP contribution in [0.4, 0.5) is 10.5 Å². The minimum Gasteiger partial charge on any atom is -0.493 e. The van der Waals surface area contributed by atoms with E-state index in [4.69, 9.17) is 19.2 Å². The van der Waals surface area contributed by atoms with Gasteiger partial charge in [0.15, 0.2) is 17.3 Å². The second-order valence-corrected chi connectivity index (χ2v) is 9.24. The van der Waals surface area contributed by atoms with Crippen LogP contribution in [0.2, 0.25) is 0 Å². The maximum atomic E-state index is 13.7. The fraction of sp³-hybridized carbons (Fsp3) is 0.367. The van der Waals surface area contributed by atoms with Crippen molar-refractivity contribution in [2.75, 3.05) is 25.7 Å². The van der Waals surface area contributed by atoms with Crippen molar-refractivity contribution in [2.45, 2.75) is 45.7 Å². The molecular formula is C30H34N2O5. The number of Topliss-reactive ketones (excluding diaryl/α,β-unsaturated/α-hetero) is 1. The van der Waals surface area contributed by atoms with E-state index in [0.717, 1.165) is 29.2 Å². The number of unbranched alkanes of at least 4 members (excludes halogenated alkanes) is 1. The van der Waals surface area contributed by atoms with E-state index in [9.17, 15) is 9.59 Å². The fourth-order valence-corrected chi connectivity index (χ4v) is 4.79. The monoisotopic (exact) mass is 502 g/mol. The van der Waals surface area contributed by atoms with Crippen molar-refractivity contribution in [3.63, 3.8) is 0 Å². The number of amides is 1. The van der Waals surface area contributed by atoms with E-state index in [1.807, 2.05) is 39.0 Å². The van der Waals surface area contributed by atoms with Gasteiger partial charge in [-0.3, -0.25) is 14.7 Å². The van der Waals surface area contributed by atoms with Crippen molar-refractivity contribution < 1.29 is 23.8 Å². The van der Waals surface area contributed by atoms with Crippen LogP contribution in [-0.4, -0.2) is 45.0 Å². The first-order valence-electron chi connectivity index (χ1n) is 12.7. The summed E-state index contributed by atoms with van der Waals surface area (Å²) in [5.74, 6) is 0.0734. The maximum Gasteiger partial charge on any atom is 0.414 e. The molecule has 0 spiro atoms. The van der Waals surface area contributed by atoms with E-state index >= 15 is 0 Å². The van der Waals surface area contributed by atoms with Gasteiger partial charge in [0.1, 0.15) is 0 Å². The van der Waals surface area contributed by atoms with E-state index in [1.54, 1.807) is 18.3 Å². The van der Waals surface area contributed by atoms with E-state index in [-0.39, 0.29) is 11.8 Å². The molecule has 3 aromatic carbocycles. The van der Waals surface area contributed by atoms with Crippen molar-refractivity contribution in [3.8, 4) is 11.5 Å². The fourth-order valence-electron chi connectivity index (χ4n) is 4.79. The standard InChI is InChI=1S/C30H34N2O5/c1-6-7-15-37-30(34)32-20(3)25(29(33)24-16-27(35-4)28(36-5)17-26(24)32)18-31-19(2)22-14-10-12-21-11-8-9-13-23(21)22/h8-14,16-20,25H,6-7,15H2,1-5H3. The van der Waals surface area contributed by atoms with Crippen LogP contribution in [0, 0.1) is 5.92 Å². The highest BCUT2D eigenvalue weighted by molar-refractivity contribution is 6.15. The topological polar surface area (TPSA) is 77.4 Å². The Morgan fingerprint density at radius 3 is 2.51 bits per heavy atom. The van der Waals surface area contributed by atoms with Gasteiger partial charge < -0.3 is 14.2 Å². The van der Waals surface area contributed by atoms with Gasteiger partial charge in [0.05, 0.1) is 44.5 Å². The average Bonchev–Trinajstić information content (AvgIpc) is 2.92. The zero-order valence-electron chi connectivity index (χ0n) is 22.1. The van der Waals surface area contributed by atoms with Gasteiger partial charge >= 0.3 is 6.09 Å². The molecule has 0 saturated heterocycles. The quantitative estimate of drug-likeness (QED) is 0.255. The van der Waals surface area contributed by atoms with Gasteiger partial charge in [-0.1, -0.05) is 55.8 Å². The lowest BCUT2D eigenvalue weighted by molar-refractivity contribution is 0.0931. The highest BCUT2D eigenvalue weighted by atomic mass is 16.6. The third-order valence-corrected chi connectivity index (χ3v) is 6.92. The Kier molecular flexibility index (Phi) is 8.11. The highest BCUT2D eigenvalue weighted by Crippen LogP contribution is 2.41. The van der Waals surface area contributed by atoms with E-state index in [1.165, 1.54) is 19.1 Å². The zero-order valence-corrected chi connectivity index (χ0v) is 22.1. The number of nitrogens with zero attached hydrogens (tertiary/aromatic N) is 2. The largest absolute Gasteiger partial charge is 0.493 e. The maximum absolute atomic E-state index is 13.7. The van der Waals surface area contributed by atoms with Crippen LogP contribution in [0.3, 0.4) is 0 Å². The molecule has 1 aliphatic rings. The molecule has 1 heterocycles. The lowest BCUT2D eigenvalue weighted by Crippen LogP contribution is -2.50. The number of methoxy groups -OCH3 is 2. The molecule has 7 nitrogen and oxygen atoms in total. The molecule has 1 amide bonds. The number of carbonyl (C=O) groups is 2. The molecule has 0 fully saturated rings. The van der Waals surface area contributed by atoms with Gasteiger partial charge in [-0.15, -0.1) is 0 Å². The minimum absolute atomic E-state index is 0.130. The zero-order chi connectivity index (χ0) is 26.5. The third kappa shape index (κ3) is 5.17. The summed E-state index contributed by atoms with van der Waals surface area (Å²) in [4.78, 5) is 33.3. The first kappa shape index (κ1) is 26.2. The Labute approximate surface area is 218 Å². The second kappa shape index (κ2) is 11.5. The molecule has 0 radical (unpaired) electrons. The number of rotatable bonds is 8. The molecule has 3 unspecified atom stereocenters. The summed E-state index contributed by atoms with van der Waals surface area (Å²) in [6.07, 6.45) is 2.86. The molecule has 3 aromatic rings. The third-order valence-electron chi connectivity index (χ3n) is 6.92. The number of ether oxygens (including phenoxy) is 3. The average molecular weight is 503 g/mol. The summed E-state index contributed by atoms with van der Waals surface area (Å²) in [5.41, 5.74) is 1.90. The van der Waals surface area contributed by atoms with Crippen LogP contribution >= 0.6 is 0 Å². The van der Waals surface area contributed by atoms with Crippen molar-refractivity contribution in [2.24, 2.45) is 10.9 Å². The summed E-state index contributed by atoms with van der Waals surface area (Å²) < 4.78 is 16.5. The molecule has 0 bridgehead atoms. The SMILES string of the molecule is CCCCOC(=O)N1c2cc(OC)c(OC)cc2C(=O)C(C=NC(C)c2cccc3ccccc23)C1C. The first-order chi connectivity index (χ1) is 17.9. The minimum atomic E-state index is -0.651. The molecule has 7 heteroatoms. The number of carbonyl (C=O) groups excluding carboxylic acids is 2. The van der Waals surface area contributed by atoms with Crippen molar-refractivity contribution in [1.82, 2.24) is 0 Å². The highest BCUT2D eigenvalue weighted by Gasteiger charge is 2.41. The number of fused-ring (bicyclic) bond motifs is 2. The van der Waals surface area contributed by atoms with Crippen LogP contribution in [0.5, 0.6) is 11.5 Å². The summed E-state index contributed by atoms with van der Waals surface area (Å²) in [7, 11) is 3.04. The molecule has 3 atom stereocenters. The molecular weight excluding hydrogens is 468 g/mol. The van der Waals surface area contributed by atoms with E-state index < -0.39 is 18.1 Å². The van der Waals surface area contributed by atoms with Crippen molar-refractivity contribution in [3.05, 3.63) is 65.7 Å². The molecule has 37 heavy (non-hydrogen) atoms. The Bertz CT molecular complexity index is 1310. The molecule has 0 aliphatic carbocycles. The summed E-state index contributed by atoms with van der Waals surface area (Å²) in [6, 6.07) is 16.9.